The molecular formula is C18H14N4. The summed E-state index contributed by atoms with van der Waals surface area (Å²) in [6.07, 6.45) is 0. The molecule has 0 unspecified atom stereocenters. The van der Waals surface area contributed by atoms with Crippen LogP contribution in [0.5, 0.6) is 0 Å². The third-order valence-electron chi connectivity index (χ3n) is 3.48. The number of nitrogens with zero attached hydrogens (tertiary/aromatic N) is 3. The highest BCUT2D eigenvalue weighted by Crippen LogP contribution is 2.32. The van der Waals surface area contributed by atoms with E-state index in [1.54, 1.807) is 0 Å². The highest BCUT2D eigenvalue weighted by Gasteiger charge is 2.16. The van der Waals surface area contributed by atoms with Crippen LogP contribution in [0.4, 0.5) is 5.82 Å². The van der Waals surface area contributed by atoms with Gasteiger partial charge >= 0.3 is 0 Å². The summed E-state index contributed by atoms with van der Waals surface area (Å²) in [5.41, 5.74) is 10.3. The molecule has 1 heterocycles. The molecule has 106 valence electrons. The van der Waals surface area contributed by atoms with Gasteiger partial charge in [0, 0.05) is 11.1 Å². The topological polar surface area (TPSA) is 75.6 Å². The van der Waals surface area contributed by atoms with Gasteiger partial charge in [-0.3, -0.25) is 0 Å². The molecule has 2 N–H and O–H groups in total. The van der Waals surface area contributed by atoms with E-state index < -0.39 is 0 Å². The van der Waals surface area contributed by atoms with Crippen LogP contribution in [0.3, 0.4) is 0 Å². The monoisotopic (exact) mass is 286 g/mol. The minimum atomic E-state index is 0.149. The SMILES string of the molecule is Cc1ccccc1-c1nc(N)c(C#N)nc1-c1ccccc1. The Morgan fingerprint density at radius 1 is 0.909 bits per heavy atom. The minimum Gasteiger partial charge on any atom is -0.381 e. The lowest BCUT2D eigenvalue weighted by Gasteiger charge is -2.12. The van der Waals surface area contributed by atoms with Crippen LogP contribution < -0.4 is 5.73 Å². The first kappa shape index (κ1) is 13.8. The summed E-state index contributed by atoms with van der Waals surface area (Å²) in [7, 11) is 0. The zero-order valence-corrected chi connectivity index (χ0v) is 12.1. The quantitative estimate of drug-likeness (QED) is 0.781. The summed E-state index contributed by atoms with van der Waals surface area (Å²) in [5.74, 6) is 0.153. The zero-order chi connectivity index (χ0) is 15.5. The summed E-state index contributed by atoms with van der Waals surface area (Å²) >= 11 is 0. The second-order valence-electron chi connectivity index (χ2n) is 4.95. The number of anilines is 1. The van der Waals surface area contributed by atoms with Crippen LogP contribution >= 0.6 is 0 Å². The molecule has 22 heavy (non-hydrogen) atoms. The first-order chi connectivity index (χ1) is 10.7. The molecule has 1 aromatic heterocycles. The van der Waals surface area contributed by atoms with Crippen molar-refractivity contribution in [2.75, 3.05) is 5.73 Å². The molecule has 4 heteroatoms. The van der Waals surface area contributed by atoms with Gasteiger partial charge in [0.15, 0.2) is 11.5 Å². The largest absolute Gasteiger partial charge is 0.381 e. The fourth-order valence-corrected chi connectivity index (χ4v) is 2.35. The van der Waals surface area contributed by atoms with Crippen molar-refractivity contribution in [2.24, 2.45) is 0 Å². The number of rotatable bonds is 2. The lowest BCUT2D eigenvalue weighted by molar-refractivity contribution is 1.18. The van der Waals surface area contributed by atoms with Crippen LogP contribution in [-0.2, 0) is 0 Å². The van der Waals surface area contributed by atoms with E-state index in [0.717, 1.165) is 16.7 Å². The zero-order valence-electron chi connectivity index (χ0n) is 12.1. The highest BCUT2D eigenvalue weighted by molar-refractivity contribution is 5.81. The van der Waals surface area contributed by atoms with Crippen LogP contribution in [0.1, 0.15) is 11.3 Å². The molecule has 0 atom stereocenters. The smallest absolute Gasteiger partial charge is 0.183 e. The summed E-state index contributed by atoms with van der Waals surface area (Å²) in [6.45, 7) is 2.01. The number of nitriles is 1. The number of aromatic nitrogens is 2. The number of nitrogens with two attached hydrogens (primary N) is 1. The van der Waals surface area contributed by atoms with Crippen molar-refractivity contribution >= 4 is 5.82 Å². The van der Waals surface area contributed by atoms with Gasteiger partial charge in [-0.25, -0.2) is 9.97 Å². The van der Waals surface area contributed by atoms with Gasteiger partial charge in [-0.05, 0) is 12.5 Å². The summed E-state index contributed by atoms with van der Waals surface area (Å²) < 4.78 is 0. The summed E-state index contributed by atoms with van der Waals surface area (Å²) in [5, 5.41) is 9.17. The van der Waals surface area contributed by atoms with Crippen molar-refractivity contribution < 1.29 is 0 Å². The maximum Gasteiger partial charge on any atom is 0.183 e. The van der Waals surface area contributed by atoms with Crippen LogP contribution in [0.2, 0.25) is 0 Å². The molecule has 0 radical (unpaired) electrons. The fraction of sp³-hybridized carbons (Fsp3) is 0.0556. The lowest BCUT2D eigenvalue weighted by Crippen LogP contribution is -2.03. The maximum absolute atomic E-state index is 9.17. The van der Waals surface area contributed by atoms with Gasteiger partial charge in [-0.1, -0.05) is 54.6 Å². The van der Waals surface area contributed by atoms with Gasteiger partial charge in [0.1, 0.15) is 6.07 Å². The van der Waals surface area contributed by atoms with Gasteiger partial charge in [0.25, 0.3) is 0 Å². The Hall–Kier alpha value is -3.19. The van der Waals surface area contributed by atoms with Crippen molar-refractivity contribution in [3.05, 3.63) is 65.9 Å². The first-order valence-electron chi connectivity index (χ1n) is 6.89. The Kier molecular flexibility index (Phi) is 3.55. The third-order valence-corrected chi connectivity index (χ3v) is 3.48. The molecule has 3 aromatic rings. The second-order valence-corrected chi connectivity index (χ2v) is 4.95. The standard InChI is InChI=1S/C18H14N4/c1-12-7-5-6-10-14(12)17-16(13-8-3-2-4-9-13)21-15(11-19)18(20)22-17/h2-10H,1H3,(H2,20,22). The molecule has 3 rings (SSSR count). The van der Waals surface area contributed by atoms with E-state index >= 15 is 0 Å². The normalized spacial score (nSPS) is 10.2. The molecule has 0 bridgehead atoms. The predicted octanol–water partition coefficient (Wildman–Crippen LogP) is 3.57. The molecule has 0 fully saturated rings. The van der Waals surface area contributed by atoms with E-state index in [1.165, 1.54) is 0 Å². The average molecular weight is 286 g/mol. The van der Waals surface area contributed by atoms with E-state index in [0.29, 0.717) is 11.4 Å². The Bertz CT molecular complexity index is 864. The number of hydrogen-bond donors (Lipinski definition) is 1. The first-order valence-corrected chi connectivity index (χ1v) is 6.89. The summed E-state index contributed by atoms with van der Waals surface area (Å²) in [4.78, 5) is 8.87. The van der Waals surface area contributed by atoms with Crippen LogP contribution in [0.25, 0.3) is 22.5 Å². The third kappa shape index (κ3) is 2.40. The van der Waals surface area contributed by atoms with Crippen LogP contribution in [-0.4, -0.2) is 9.97 Å². The molecule has 4 nitrogen and oxygen atoms in total. The minimum absolute atomic E-state index is 0.149. The molecule has 0 saturated heterocycles. The second kappa shape index (κ2) is 5.66. The van der Waals surface area contributed by atoms with Crippen molar-refractivity contribution in [2.45, 2.75) is 6.92 Å². The maximum atomic E-state index is 9.17. The molecule has 0 aliphatic heterocycles. The Labute approximate surface area is 128 Å². The molecule has 0 aliphatic carbocycles. The van der Waals surface area contributed by atoms with Crippen molar-refractivity contribution in [1.82, 2.24) is 9.97 Å². The number of nitrogen functional groups attached to an aromatic ring is 1. The van der Waals surface area contributed by atoms with Gasteiger partial charge in [0.2, 0.25) is 0 Å². The molecule has 0 aliphatic rings. The van der Waals surface area contributed by atoms with Gasteiger partial charge in [0.05, 0.1) is 11.4 Å². The Balaban J connectivity index is 2.32. The van der Waals surface area contributed by atoms with Crippen molar-refractivity contribution in [3.8, 4) is 28.6 Å². The number of hydrogen-bond acceptors (Lipinski definition) is 4. The van der Waals surface area contributed by atoms with E-state index in [9.17, 15) is 5.26 Å². The Morgan fingerprint density at radius 2 is 1.59 bits per heavy atom. The lowest BCUT2D eigenvalue weighted by atomic mass is 10.00. The fourth-order valence-electron chi connectivity index (χ4n) is 2.35. The van der Waals surface area contributed by atoms with Gasteiger partial charge in [-0.2, -0.15) is 5.26 Å². The van der Waals surface area contributed by atoms with E-state index in [2.05, 4.69) is 9.97 Å². The van der Waals surface area contributed by atoms with E-state index in [4.69, 9.17) is 5.73 Å². The molecule has 0 amide bonds. The van der Waals surface area contributed by atoms with E-state index in [-0.39, 0.29) is 11.5 Å². The van der Waals surface area contributed by atoms with E-state index in [1.807, 2.05) is 67.6 Å². The highest BCUT2D eigenvalue weighted by atomic mass is 14.9. The molecule has 0 saturated carbocycles. The molecule has 0 spiro atoms. The average Bonchev–Trinajstić information content (AvgIpc) is 2.56. The molecular weight excluding hydrogens is 272 g/mol. The van der Waals surface area contributed by atoms with Crippen molar-refractivity contribution in [1.29, 1.82) is 5.26 Å². The molecule has 2 aromatic carbocycles. The number of aryl methyl sites for hydroxylation is 1. The van der Waals surface area contributed by atoms with Crippen LogP contribution in [0.15, 0.2) is 54.6 Å². The van der Waals surface area contributed by atoms with Gasteiger partial charge < -0.3 is 5.73 Å². The Morgan fingerprint density at radius 3 is 2.27 bits per heavy atom. The summed E-state index contributed by atoms with van der Waals surface area (Å²) in [6, 6.07) is 19.6. The van der Waals surface area contributed by atoms with Gasteiger partial charge in [-0.15, -0.1) is 0 Å². The van der Waals surface area contributed by atoms with Crippen LogP contribution in [0, 0.1) is 18.3 Å². The number of benzene rings is 2. The van der Waals surface area contributed by atoms with Crippen molar-refractivity contribution in [3.63, 3.8) is 0 Å². The predicted molar refractivity (Wildman–Crippen MR) is 86.8 cm³/mol.